The number of piperidine rings is 1. The Labute approximate surface area is 109 Å². The summed E-state index contributed by atoms with van der Waals surface area (Å²) >= 11 is 0. The minimum atomic E-state index is 0.614. The lowest BCUT2D eigenvalue weighted by Gasteiger charge is -2.24. The molecule has 1 heterocycles. The van der Waals surface area contributed by atoms with Gasteiger partial charge in [0, 0.05) is 13.2 Å². The second-order valence-electron chi connectivity index (χ2n) is 4.92. The Bertz CT molecular complexity index is 373. The van der Waals surface area contributed by atoms with E-state index >= 15 is 0 Å². The maximum atomic E-state index is 5.28. The van der Waals surface area contributed by atoms with Crippen LogP contribution in [-0.2, 0) is 17.8 Å². The minimum Gasteiger partial charge on any atom is -0.497 e. The van der Waals surface area contributed by atoms with E-state index in [1.807, 2.05) is 6.07 Å². The molecule has 18 heavy (non-hydrogen) atoms. The van der Waals surface area contributed by atoms with Crippen LogP contribution >= 0.6 is 0 Å². The van der Waals surface area contributed by atoms with E-state index in [1.54, 1.807) is 14.2 Å². The van der Waals surface area contributed by atoms with Crippen LogP contribution < -0.4 is 10.1 Å². The van der Waals surface area contributed by atoms with Gasteiger partial charge in [-0.1, -0.05) is 12.5 Å². The van der Waals surface area contributed by atoms with Gasteiger partial charge in [-0.25, -0.2) is 0 Å². The highest BCUT2D eigenvalue weighted by molar-refractivity contribution is 5.36. The number of ether oxygens (including phenoxy) is 2. The molecular formula is C15H23NO2. The number of benzene rings is 1. The number of nitrogens with one attached hydrogen (secondary N) is 1. The molecular weight excluding hydrogens is 226 g/mol. The summed E-state index contributed by atoms with van der Waals surface area (Å²) < 4.78 is 10.6. The van der Waals surface area contributed by atoms with Crippen molar-refractivity contribution in [2.75, 3.05) is 20.8 Å². The summed E-state index contributed by atoms with van der Waals surface area (Å²) in [5, 5.41) is 3.59. The van der Waals surface area contributed by atoms with Crippen LogP contribution in [0, 0.1) is 0 Å². The molecule has 3 nitrogen and oxygen atoms in total. The standard InChI is InChI=1S/C15H23NO2/c1-17-11-13-10-15(18-2)7-6-12(13)9-14-5-3-4-8-16-14/h6-7,10,14,16H,3-5,8-9,11H2,1-2H3. The van der Waals surface area contributed by atoms with Crippen molar-refractivity contribution in [1.29, 1.82) is 0 Å². The minimum absolute atomic E-state index is 0.614. The second kappa shape index (κ2) is 6.76. The van der Waals surface area contributed by atoms with Crippen molar-refractivity contribution in [3.05, 3.63) is 29.3 Å². The first-order chi connectivity index (χ1) is 8.83. The molecule has 1 aliphatic heterocycles. The monoisotopic (exact) mass is 249 g/mol. The first-order valence-corrected chi connectivity index (χ1v) is 6.71. The van der Waals surface area contributed by atoms with Crippen LogP contribution in [0.2, 0.25) is 0 Å². The Kier molecular flexibility index (Phi) is 5.02. The predicted octanol–water partition coefficient (Wildman–Crippen LogP) is 2.53. The Hall–Kier alpha value is -1.06. The highest BCUT2D eigenvalue weighted by Gasteiger charge is 2.15. The molecule has 2 rings (SSSR count). The van der Waals surface area contributed by atoms with Crippen LogP contribution in [0.1, 0.15) is 30.4 Å². The highest BCUT2D eigenvalue weighted by atomic mass is 16.5. The quantitative estimate of drug-likeness (QED) is 0.870. The fourth-order valence-corrected chi connectivity index (χ4v) is 2.58. The molecule has 0 bridgehead atoms. The van der Waals surface area contributed by atoms with Gasteiger partial charge in [0.1, 0.15) is 5.75 Å². The molecule has 0 saturated carbocycles. The zero-order valence-electron chi connectivity index (χ0n) is 11.4. The molecule has 1 aromatic carbocycles. The summed E-state index contributed by atoms with van der Waals surface area (Å²) in [4.78, 5) is 0. The van der Waals surface area contributed by atoms with Gasteiger partial charge in [-0.2, -0.15) is 0 Å². The Balaban J connectivity index is 2.09. The molecule has 1 aliphatic rings. The molecule has 0 aromatic heterocycles. The van der Waals surface area contributed by atoms with Crippen molar-refractivity contribution in [2.45, 2.75) is 38.3 Å². The van der Waals surface area contributed by atoms with Gasteiger partial charge in [0.15, 0.2) is 0 Å². The van der Waals surface area contributed by atoms with Gasteiger partial charge in [-0.3, -0.25) is 0 Å². The van der Waals surface area contributed by atoms with E-state index in [9.17, 15) is 0 Å². The number of rotatable bonds is 5. The van der Waals surface area contributed by atoms with Crippen LogP contribution in [-0.4, -0.2) is 26.8 Å². The normalized spacial score (nSPS) is 19.8. The van der Waals surface area contributed by atoms with Crippen molar-refractivity contribution in [3.63, 3.8) is 0 Å². The van der Waals surface area contributed by atoms with Crippen molar-refractivity contribution in [1.82, 2.24) is 5.32 Å². The summed E-state index contributed by atoms with van der Waals surface area (Å²) in [5.74, 6) is 0.905. The summed E-state index contributed by atoms with van der Waals surface area (Å²) in [6, 6.07) is 6.91. The average molecular weight is 249 g/mol. The molecule has 1 aromatic rings. The van der Waals surface area contributed by atoms with E-state index in [2.05, 4.69) is 17.4 Å². The Morgan fingerprint density at radius 3 is 2.78 bits per heavy atom. The molecule has 0 amide bonds. The topological polar surface area (TPSA) is 30.5 Å². The highest BCUT2D eigenvalue weighted by Crippen LogP contribution is 2.21. The molecule has 1 fully saturated rings. The van der Waals surface area contributed by atoms with E-state index in [1.165, 1.54) is 30.4 Å². The van der Waals surface area contributed by atoms with Crippen LogP contribution in [0.25, 0.3) is 0 Å². The van der Waals surface area contributed by atoms with E-state index in [-0.39, 0.29) is 0 Å². The third-order valence-electron chi connectivity index (χ3n) is 3.59. The largest absolute Gasteiger partial charge is 0.497 e. The molecule has 0 radical (unpaired) electrons. The molecule has 1 unspecified atom stereocenters. The van der Waals surface area contributed by atoms with Crippen molar-refractivity contribution in [2.24, 2.45) is 0 Å². The zero-order chi connectivity index (χ0) is 12.8. The van der Waals surface area contributed by atoms with Gasteiger partial charge in [-0.05, 0) is 49.1 Å². The van der Waals surface area contributed by atoms with Gasteiger partial charge in [-0.15, -0.1) is 0 Å². The first-order valence-electron chi connectivity index (χ1n) is 6.71. The smallest absolute Gasteiger partial charge is 0.119 e. The van der Waals surface area contributed by atoms with E-state index in [0.717, 1.165) is 18.7 Å². The van der Waals surface area contributed by atoms with Gasteiger partial charge in [0.2, 0.25) is 0 Å². The van der Waals surface area contributed by atoms with E-state index < -0.39 is 0 Å². The van der Waals surface area contributed by atoms with Crippen LogP contribution in [0.5, 0.6) is 5.75 Å². The lowest BCUT2D eigenvalue weighted by molar-refractivity contribution is 0.183. The first kappa shape index (κ1) is 13.4. The average Bonchev–Trinajstić information content (AvgIpc) is 2.42. The third-order valence-corrected chi connectivity index (χ3v) is 3.59. The van der Waals surface area contributed by atoms with Gasteiger partial charge in [0.25, 0.3) is 0 Å². The summed E-state index contributed by atoms with van der Waals surface area (Å²) in [5.41, 5.74) is 2.61. The molecule has 100 valence electrons. The Morgan fingerprint density at radius 2 is 2.11 bits per heavy atom. The van der Waals surface area contributed by atoms with Gasteiger partial charge in [0.05, 0.1) is 13.7 Å². The molecule has 1 saturated heterocycles. The SMILES string of the molecule is COCc1cc(OC)ccc1CC1CCCCN1. The zero-order valence-corrected chi connectivity index (χ0v) is 11.4. The summed E-state index contributed by atoms with van der Waals surface area (Å²) in [6.07, 6.45) is 5.01. The van der Waals surface area contributed by atoms with Gasteiger partial charge >= 0.3 is 0 Å². The van der Waals surface area contributed by atoms with Crippen LogP contribution in [0.15, 0.2) is 18.2 Å². The molecule has 1 atom stereocenters. The lowest BCUT2D eigenvalue weighted by Crippen LogP contribution is -2.35. The Morgan fingerprint density at radius 1 is 1.22 bits per heavy atom. The second-order valence-corrected chi connectivity index (χ2v) is 4.92. The van der Waals surface area contributed by atoms with E-state index in [0.29, 0.717) is 12.6 Å². The van der Waals surface area contributed by atoms with Gasteiger partial charge < -0.3 is 14.8 Å². The van der Waals surface area contributed by atoms with Crippen LogP contribution in [0.4, 0.5) is 0 Å². The van der Waals surface area contributed by atoms with E-state index in [4.69, 9.17) is 9.47 Å². The summed E-state index contributed by atoms with van der Waals surface area (Å²) in [6.45, 7) is 1.81. The van der Waals surface area contributed by atoms with Crippen molar-refractivity contribution >= 4 is 0 Å². The predicted molar refractivity (Wildman–Crippen MR) is 73.1 cm³/mol. The molecule has 1 N–H and O–H groups in total. The number of hydrogen-bond donors (Lipinski definition) is 1. The maximum Gasteiger partial charge on any atom is 0.119 e. The third kappa shape index (κ3) is 3.47. The lowest BCUT2D eigenvalue weighted by atomic mass is 9.95. The number of hydrogen-bond acceptors (Lipinski definition) is 3. The van der Waals surface area contributed by atoms with Crippen molar-refractivity contribution in [3.8, 4) is 5.75 Å². The fraction of sp³-hybridized carbons (Fsp3) is 0.600. The maximum absolute atomic E-state index is 5.28. The van der Waals surface area contributed by atoms with Crippen molar-refractivity contribution < 1.29 is 9.47 Å². The molecule has 3 heteroatoms. The number of methoxy groups -OCH3 is 2. The fourth-order valence-electron chi connectivity index (χ4n) is 2.58. The molecule has 0 aliphatic carbocycles. The summed E-state index contributed by atoms with van der Waals surface area (Å²) in [7, 11) is 3.44. The van der Waals surface area contributed by atoms with Crippen LogP contribution in [0.3, 0.4) is 0 Å². The molecule has 0 spiro atoms.